The molecule has 4 rings (SSSR count). The minimum atomic E-state index is -0.508. The van der Waals surface area contributed by atoms with Gasteiger partial charge < -0.3 is 9.47 Å². The fourth-order valence-electron chi connectivity index (χ4n) is 3.83. The first-order chi connectivity index (χ1) is 16.3. The van der Waals surface area contributed by atoms with E-state index in [1.807, 2.05) is 30.3 Å². The molecule has 6 heteroatoms. The molecule has 170 valence electrons. The van der Waals surface area contributed by atoms with Gasteiger partial charge in [-0.3, -0.25) is 4.79 Å². The summed E-state index contributed by atoms with van der Waals surface area (Å²) in [6.45, 7) is 10.6. The highest BCUT2D eigenvalue weighted by Crippen LogP contribution is 2.46. The third kappa shape index (κ3) is 4.58. The summed E-state index contributed by atoms with van der Waals surface area (Å²) in [4.78, 5) is 37.4. The highest BCUT2D eigenvalue weighted by atomic mass is 32.2. The molecule has 0 fully saturated rings. The molecule has 3 aromatic rings. The number of ether oxygens (including phenoxy) is 2. The van der Waals surface area contributed by atoms with Gasteiger partial charge in [0, 0.05) is 21.9 Å². The number of carbonyl (C=O) groups is 3. The van der Waals surface area contributed by atoms with E-state index in [0.29, 0.717) is 22.4 Å². The molecule has 0 saturated heterocycles. The van der Waals surface area contributed by atoms with Crippen LogP contribution in [0, 0.1) is 0 Å². The number of esters is 2. The largest absolute Gasteiger partial charge is 0.432 e. The number of benzene rings is 3. The van der Waals surface area contributed by atoms with Crippen molar-refractivity contribution in [1.82, 2.24) is 0 Å². The smallest absolute Gasteiger partial charge is 0.342 e. The lowest BCUT2D eigenvalue weighted by atomic mass is 9.98. The van der Waals surface area contributed by atoms with Gasteiger partial charge in [-0.1, -0.05) is 32.2 Å². The van der Waals surface area contributed by atoms with Crippen LogP contribution >= 0.6 is 11.8 Å². The molecule has 1 aliphatic rings. The summed E-state index contributed by atoms with van der Waals surface area (Å²) in [5, 5.41) is -0.115. The molecular formula is C28H22O5S. The van der Waals surface area contributed by atoms with Crippen LogP contribution in [-0.4, -0.2) is 17.1 Å². The standard InChI is InChI=1S/C28H22O5S/c1-5-32-27(30)19-8-12-22-23-13-11-21(15-25(23)17(4)24(22)14-19)34-28(31)18-6-9-20(10-7-18)33-26(29)16(2)3/h5-15,17H,1-2H2,3-4H3. The Kier molecular flexibility index (Phi) is 6.52. The third-order valence-electron chi connectivity index (χ3n) is 5.58. The second-order valence-corrected chi connectivity index (χ2v) is 8.97. The molecule has 0 heterocycles. The molecule has 0 bridgehead atoms. The summed E-state index contributed by atoms with van der Waals surface area (Å²) >= 11 is 1.14. The maximum Gasteiger partial charge on any atom is 0.342 e. The summed E-state index contributed by atoms with van der Waals surface area (Å²) in [7, 11) is 0. The van der Waals surface area contributed by atoms with E-state index >= 15 is 0 Å². The van der Waals surface area contributed by atoms with E-state index in [9.17, 15) is 14.4 Å². The van der Waals surface area contributed by atoms with E-state index in [1.165, 1.54) is 0 Å². The van der Waals surface area contributed by atoms with Crippen LogP contribution in [0.4, 0.5) is 0 Å². The van der Waals surface area contributed by atoms with E-state index < -0.39 is 11.9 Å². The molecule has 0 radical (unpaired) electrons. The van der Waals surface area contributed by atoms with Gasteiger partial charge in [0.2, 0.25) is 5.12 Å². The fraction of sp³-hybridized carbons (Fsp3) is 0.107. The quantitative estimate of drug-likeness (QED) is 0.134. The van der Waals surface area contributed by atoms with Crippen molar-refractivity contribution >= 4 is 28.8 Å². The van der Waals surface area contributed by atoms with Gasteiger partial charge in [-0.25, -0.2) is 9.59 Å². The monoisotopic (exact) mass is 470 g/mol. The molecule has 3 aromatic carbocycles. The first-order valence-electron chi connectivity index (χ1n) is 10.6. The van der Waals surface area contributed by atoms with Gasteiger partial charge in [0.25, 0.3) is 0 Å². The van der Waals surface area contributed by atoms with E-state index in [-0.39, 0.29) is 11.0 Å². The van der Waals surface area contributed by atoms with Crippen LogP contribution < -0.4 is 4.74 Å². The van der Waals surface area contributed by atoms with E-state index in [2.05, 4.69) is 20.1 Å². The molecule has 0 N–H and O–H groups in total. The summed E-state index contributed by atoms with van der Waals surface area (Å²) in [6.07, 6.45) is 1.12. The topological polar surface area (TPSA) is 69.7 Å². The van der Waals surface area contributed by atoms with E-state index in [1.54, 1.807) is 37.3 Å². The van der Waals surface area contributed by atoms with Gasteiger partial charge in [-0.15, -0.1) is 0 Å². The van der Waals surface area contributed by atoms with Crippen LogP contribution in [0.1, 0.15) is 51.6 Å². The van der Waals surface area contributed by atoms with Crippen LogP contribution in [0.2, 0.25) is 0 Å². The molecule has 34 heavy (non-hydrogen) atoms. The minimum Gasteiger partial charge on any atom is -0.432 e. The van der Waals surface area contributed by atoms with Crippen LogP contribution in [0.25, 0.3) is 11.1 Å². The Morgan fingerprint density at radius 2 is 1.53 bits per heavy atom. The Morgan fingerprint density at radius 3 is 2.18 bits per heavy atom. The number of fused-ring (bicyclic) bond motifs is 3. The number of carbonyl (C=O) groups excluding carboxylic acids is 3. The van der Waals surface area contributed by atoms with Crippen molar-refractivity contribution in [3.63, 3.8) is 0 Å². The number of rotatable bonds is 6. The Morgan fingerprint density at radius 1 is 0.912 bits per heavy atom. The number of thioether (sulfide) groups is 1. The van der Waals surface area contributed by atoms with Gasteiger partial charge in [0.05, 0.1) is 11.8 Å². The Labute approximate surface area is 202 Å². The lowest BCUT2D eigenvalue weighted by Gasteiger charge is -2.09. The van der Waals surface area contributed by atoms with Gasteiger partial charge >= 0.3 is 11.9 Å². The molecular weight excluding hydrogens is 448 g/mol. The molecule has 0 aromatic heterocycles. The second kappa shape index (κ2) is 9.53. The van der Waals surface area contributed by atoms with E-state index in [4.69, 9.17) is 9.47 Å². The highest BCUT2D eigenvalue weighted by Gasteiger charge is 2.27. The average Bonchev–Trinajstić information content (AvgIpc) is 3.10. The van der Waals surface area contributed by atoms with Gasteiger partial charge in [0.15, 0.2) is 0 Å². The van der Waals surface area contributed by atoms with Crippen molar-refractivity contribution in [1.29, 1.82) is 0 Å². The van der Waals surface area contributed by atoms with Crippen molar-refractivity contribution in [3.8, 4) is 16.9 Å². The molecule has 1 aliphatic carbocycles. The normalized spacial score (nSPS) is 13.4. The second-order valence-electron chi connectivity index (χ2n) is 7.93. The Balaban J connectivity index is 1.51. The maximum absolute atomic E-state index is 12.8. The minimum absolute atomic E-state index is 0.0689. The van der Waals surface area contributed by atoms with Crippen molar-refractivity contribution in [2.24, 2.45) is 0 Å². The number of hydrogen-bond acceptors (Lipinski definition) is 6. The molecule has 1 unspecified atom stereocenters. The summed E-state index contributed by atoms with van der Waals surface area (Å²) in [5.74, 6) is -0.524. The zero-order valence-corrected chi connectivity index (χ0v) is 19.6. The lowest BCUT2D eigenvalue weighted by molar-refractivity contribution is -0.130. The van der Waals surface area contributed by atoms with Crippen molar-refractivity contribution in [3.05, 3.63) is 108 Å². The zero-order chi connectivity index (χ0) is 24.4. The predicted octanol–water partition coefficient (Wildman–Crippen LogP) is 6.53. The van der Waals surface area contributed by atoms with Crippen LogP contribution in [-0.2, 0) is 9.53 Å². The Bertz CT molecular complexity index is 1340. The molecule has 0 aliphatic heterocycles. The summed E-state index contributed by atoms with van der Waals surface area (Å²) in [6, 6.07) is 17.9. The van der Waals surface area contributed by atoms with Crippen LogP contribution in [0.15, 0.2) is 90.6 Å². The fourth-order valence-corrected chi connectivity index (χ4v) is 4.62. The van der Waals surface area contributed by atoms with Gasteiger partial charge in [-0.05, 0) is 89.5 Å². The van der Waals surface area contributed by atoms with Crippen LogP contribution in [0.5, 0.6) is 5.75 Å². The SMILES string of the molecule is C=COC(=O)c1ccc2c(c1)C(C)c1cc(SC(=O)c3ccc(OC(=O)C(=C)C)cc3)ccc1-2. The van der Waals surface area contributed by atoms with Gasteiger partial charge in [-0.2, -0.15) is 0 Å². The zero-order valence-electron chi connectivity index (χ0n) is 18.8. The summed E-state index contributed by atoms with van der Waals surface area (Å²) < 4.78 is 10.1. The lowest BCUT2D eigenvalue weighted by Crippen LogP contribution is -2.08. The first-order valence-corrected chi connectivity index (χ1v) is 11.4. The molecule has 0 saturated carbocycles. The highest BCUT2D eigenvalue weighted by molar-refractivity contribution is 8.14. The van der Waals surface area contributed by atoms with Crippen molar-refractivity contribution in [2.75, 3.05) is 0 Å². The molecule has 0 amide bonds. The molecule has 0 spiro atoms. The van der Waals surface area contributed by atoms with Crippen molar-refractivity contribution in [2.45, 2.75) is 24.7 Å². The van der Waals surface area contributed by atoms with Gasteiger partial charge in [0.1, 0.15) is 5.75 Å². The number of hydrogen-bond donors (Lipinski definition) is 0. The predicted molar refractivity (Wildman–Crippen MR) is 132 cm³/mol. The average molecular weight is 471 g/mol. The molecule has 1 atom stereocenters. The summed E-state index contributed by atoms with van der Waals surface area (Å²) in [5.41, 5.74) is 5.58. The third-order valence-corrected chi connectivity index (χ3v) is 6.49. The Hall–Kier alpha value is -3.90. The van der Waals surface area contributed by atoms with Crippen molar-refractivity contribution < 1.29 is 23.9 Å². The van der Waals surface area contributed by atoms with E-state index in [0.717, 1.165) is 45.2 Å². The van der Waals surface area contributed by atoms with Crippen LogP contribution in [0.3, 0.4) is 0 Å². The molecule has 5 nitrogen and oxygen atoms in total. The maximum atomic E-state index is 12.8. The first kappa shape index (κ1) is 23.3.